The van der Waals surface area contributed by atoms with E-state index in [-0.39, 0.29) is 0 Å². The maximum absolute atomic E-state index is 10.1. The molecule has 14 heavy (non-hydrogen) atoms. The van der Waals surface area contributed by atoms with Crippen molar-refractivity contribution in [3.63, 3.8) is 0 Å². The zero-order chi connectivity index (χ0) is 9.80. The van der Waals surface area contributed by atoms with Crippen molar-refractivity contribution in [1.82, 2.24) is 19.9 Å². The maximum Gasteiger partial charge on any atom is 0.182 e. The molecular weight excluding hydrogens is 182 g/mol. The number of fused-ring (bicyclic) bond motifs is 1. The molecule has 2 aromatic heterocycles. The van der Waals surface area contributed by atoms with E-state index in [0.717, 1.165) is 11.8 Å². The zero-order valence-corrected chi connectivity index (χ0v) is 7.40. The van der Waals surface area contributed by atoms with Crippen molar-refractivity contribution in [2.45, 2.75) is 6.42 Å². The number of hydrogen-bond acceptors (Lipinski definition) is 5. The van der Waals surface area contributed by atoms with Crippen molar-refractivity contribution in [3.8, 4) is 0 Å². The number of aldehydes is 1. The highest BCUT2D eigenvalue weighted by atomic mass is 16.1. The molecule has 72 valence electrons. The van der Waals surface area contributed by atoms with Crippen LogP contribution in [0.5, 0.6) is 0 Å². The van der Waals surface area contributed by atoms with E-state index in [0.29, 0.717) is 24.4 Å². The van der Waals surface area contributed by atoms with Gasteiger partial charge in [0.05, 0.1) is 6.33 Å². The average molecular weight is 191 g/mol. The number of anilines is 1. The van der Waals surface area contributed by atoms with E-state index in [1.54, 1.807) is 6.33 Å². The van der Waals surface area contributed by atoms with Crippen LogP contribution >= 0.6 is 0 Å². The highest BCUT2D eigenvalue weighted by Crippen LogP contribution is 2.13. The fourth-order valence-electron chi connectivity index (χ4n) is 1.15. The number of aromatic amines is 1. The lowest BCUT2D eigenvalue weighted by atomic mass is 10.4. The summed E-state index contributed by atoms with van der Waals surface area (Å²) in [5.41, 5.74) is 1.38. The molecule has 0 saturated carbocycles. The summed E-state index contributed by atoms with van der Waals surface area (Å²) >= 11 is 0. The molecule has 0 aliphatic carbocycles. The van der Waals surface area contributed by atoms with Gasteiger partial charge in [-0.25, -0.2) is 15.0 Å². The predicted octanol–water partition coefficient (Wildman–Crippen LogP) is 0.354. The van der Waals surface area contributed by atoms with E-state index in [2.05, 4.69) is 25.3 Å². The molecule has 0 saturated heterocycles. The molecule has 0 atom stereocenters. The van der Waals surface area contributed by atoms with Crippen LogP contribution in [0.2, 0.25) is 0 Å². The number of imidazole rings is 1. The molecule has 2 aromatic rings. The summed E-state index contributed by atoms with van der Waals surface area (Å²) in [6, 6.07) is 0. The van der Waals surface area contributed by atoms with E-state index in [1.165, 1.54) is 6.33 Å². The summed E-state index contributed by atoms with van der Waals surface area (Å²) in [6.45, 7) is 0.564. The van der Waals surface area contributed by atoms with Gasteiger partial charge in [0.25, 0.3) is 0 Å². The molecule has 0 radical (unpaired) electrons. The lowest BCUT2D eigenvalue weighted by molar-refractivity contribution is -0.107. The number of carbonyl (C=O) groups is 1. The molecule has 6 heteroatoms. The van der Waals surface area contributed by atoms with Crippen molar-refractivity contribution in [1.29, 1.82) is 0 Å². The first kappa shape index (κ1) is 8.61. The molecule has 0 bridgehead atoms. The fourth-order valence-corrected chi connectivity index (χ4v) is 1.15. The smallest absolute Gasteiger partial charge is 0.182 e. The molecule has 6 nitrogen and oxygen atoms in total. The summed E-state index contributed by atoms with van der Waals surface area (Å²) in [4.78, 5) is 25.0. The molecule has 2 heterocycles. The standard InChI is InChI=1S/C8H9N5O/c14-3-1-2-9-7-6-8(11-4-10-6)13-5-12-7/h3-5H,1-2H2,(H2,9,10,11,12,13). The first-order valence-electron chi connectivity index (χ1n) is 4.23. The maximum atomic E-state index is 10.1. The van der Waals surface area contributed by atoms with Gasteiger partial charge >= 0.3 is 0 Å². The minimum atomic E-state index is 0.458. The highest BCUT2D eigenvalue weighted by Gasteiger charge is 2.03. The second-order valence-electron chi connectivity index (χ2n) is 2.71. The number of aromatic nitrogens is 4. The second kappa shape index (κ2) is 3.82. The first-order valence-corrected chi connectivity index (χ1v) is 4.23. The Morgan fingerprint density at radius 3 is 3.21 bits per heavy atom. The van der Waals surface area contributed by atoms with E-state index in [9.17, 15) is 4.79 Å². The third-order valence-corrected chi connectivity index (χ3v) is 1.78. The third-order valence-electron chi connectivity index (χ3n) is 1.78. The Labute approximate surface area is 79.8 Å². The molecule has 2 N–H and O–H groups in total. The number of nitrogens with zero attached hydrogens (tertiary/aromatic N) is 3. The Balaban J connectivity index is 2.23. The summed E-state index contributed by atoms with van der Waals surface area (Å²) in [5.74, 6) is 0.675. The van der Waals surface area contributed by atoms with Gasteiger partial charge in [0, 0.05) is 13.0 Å². The van der Waals surface area contributed by atoms with Crippen molar-refractivity contribution in [3.05, 3.63) is 12.7 Å². The predicted molar refractivity (Wildman–Crippen MR) is 50.9 cm³/mol. The Morgan fingerprint density at radius 2 is 2.36 bits per heavy atom. The minimum Gasteiger partial charge on any atom is -0.368 e. The first-order chi connectivity index (χ1) is 6.92. The lowest BCUT2D eigenvalue weighted by Gasteiger charge is -2.02. The number of carbonyl (C=O) groups excluding carboxylic acids is 1. The number of hydrogen-bond donors (Lipinski definition) is 2. The van der Waals surface area contributed by atoms with E-state index < -0.39 is 0 Å². The molecule has 0 aliphatic rings. The van der Waals surface area contributed by atoms with Crippen LogP contribution in [0.25, 0.3) is 11.2 Å². The molecule has 0 aliphatic heterocycles. The number of H-pyrrole nitrogens is 1. The van der Waals surface area contributed by atoms with Crippen LogP contribution in [0, 0.1) is 0 Å². The molecule has 0 fully saturated rings. The monoisotopic (exact) mass is 191 g/mol. The van der Waals surface area contributed by atoms with Crippen LogP contribution in [0.4, 0.5) is 5.82 Å². The number of rotatable bonds is 4. The Hall–Kier alpha value is -1.98. The van der Waals surface area contributed by atoms with Gasteiger partial charge < -0.3 is 15.1 Å². The topological polar surface area (TPSA) is 83.6 Å². The van der Waals surface area contributed by atoms with Crippen molar-refractivity contribution >= 4 is 23.3 Å². The largest absolute Gasteiger partial charge is 0.368 e. The average Bonchev–Trinajstić information content (AvgIpc) is 2.67. The SMILES string of the molecule is O=CCCNc1ncnc2nc[nH]c12. The molecule has 2 rings (SSSR count). The summed E-state index contributed by atoms with van der Waals surface area (Å²) in [7, 11) is 0. The minimum absolute atomic E-state index is 0.458. The van der Waals surface area contributed by atoms with Crippen molar-refractivity contribution in [2.24, 2.45) is 0 Å². The van der Waals surface area contributed by atoms with Crippen molar-refractivity contribution in [2.75, 3.05) is 11.9 Å². The summed E-state index contributed by atoms with van der Waals surface area (Å²) in [5, 5.41) is 3.02. The van der Waals surface area contributed by atoms with Crippen LogP contribution in [0.1, 0.15) is 6.42 Å². The van der Waals surface area contributed by atoms with E-state index in [4.69, 9.17) is 0 Å². The van der Waals surface area contributed by atoms with E-state index >= 15 is 0 Å². The van der Waals surface area contributed by atoms with Gasteiger partial charge in [-0.05, 0) is 0 Å². The van der Waals surface area contributed by atoms with Crippen LogP contribution in [-0.2, 0) is 4.79 Å². The van der Waals surface area contributed by atoms with Crippen LogP contribution < -0.4 is 5.32 Å². The molecule has 0 unspecified atom stereocenters. The molecule has 0 amide bonds. The Kier molecular flexibility index (Phi) is 2.35. The van der Waals surface area contributed by atoms with Gasteiger partial charge in [0.2, 0.25) is 0 Å². The Morgan fingerprint density at radius 1 is 1.43 bits per heavy atom. The van der Waals surface area contributed by atoms with Gasteiger partial charge in [0.15, 0.2) is 11.5 Å². The van der Waals surface area contributed by atoms with Gasteiger partial charge in [-0.1, -0.05) is 0 Å². The van der Waals surface area contributed by atoms with E-state index in [1.807, 2.05) is 0 Å². The van der Waals surface area contributed by atoms with Gasteiger partial charge in [-0.15, -0.1) is 0 Å². The highest BCUT2D eigenvalue weighted by molar-refractivity contribution is 5.81. The number of nitrogens with one attached hydrogen (secondary N) is 2. The van der Waals surface area contributed by atoms with Gasteiger partial charge in [-0.2, -0.15) is 0 Å². The summed E-state index contributed by atoms with van der Waals surface area (Å²) < 4.78 is 0. The fraction of sp³-hybridized carbons (Fsp3) is 0.250. The molecule has 0 spiro atoms. The third kappa shape index (κ3) is 1.54. The normalized spacial score (nSPS) is 10.3. The molecule has 0 aromatic carbocycles. The van der Waals surface area contributed by atoms with Gasteiger partial charge in [-0.3, -0.25) is 0 Å². The quantitative estimate of drug-likeness (QED) is 0.538. The summed E-state index contributed by atoms with van der Waals surface area (Å²) in [6.07, 6.45) is 4.31. The zero-order valence-electron chi connectivity index (χ0n) is 7.40. The Bertz CT molecular complexity index is 438. The lowest BCUT2D eigenvalue weighted by Crippen LogP contribution is -2.04. The van der Waals surface area contributed by atoms with Gasteiger partial charge in [0.1, 0.15) is 18.1 Å². The van der Waals surface area contributed by atoms with Crippen LogP contribution in [-0.4, -0.2) is 32.8 Å². The van der Waals surface area contributed by atoms with Crippen LogP contribution in [0.3, 0.4) is 0 Å². The molecular formula is C8H9N5O. The second-order valence-corrected chi connectivity index (χ2v) is 2.71. The van der Waals surface area contributed by atoms with Crippen molar-refractivity contribution < 1.29 is 4.79 Å². The van der Waals surface area contributed by atoms with Crippen LogP contribution in [0.15, 0.2) is 12.7 Å².